The van der Waals surface area contributed by atoms with Crippen molar-refractivity contribution < 1.29 is 9.52 Å². The molecule has 0 unspecified atom stereocenters. The predicted molar refractivity (Wildman–Crippen MR) is 43.7 cm³/mol. The lowest BCUT2D eigenvalue weighted by Crippen LogP contribution is -1.89. The molecule has 0 radical (unpaired) electrons. The number of aliphatic hydroxyl groups is 1. The van der Waals surface area contributed by atoms with E-state index in [1.54, 1.807) is 12.5 Å². The zero-order chi connectivity index (χ0) is 8.10. The lowest BCUT2D eigenvalue weighted by Gasteiger charge is -1.95. The highest BCUT2D eigenvalue weighted by Gasteiger charge is 2.02. The summed E-state index contributed by atoms with van der Waals surface area (Å²) in [6.07, 6.45) is 5.05. The number of hydrogen-bond acceptors (Lipinski definition) is 2. The molecule has 0 amide bonds. The van der Waals surface area contributed by atoms with Gasteiger partial charge in [-0.3, -0.25) is 0 Å². The monoisotopic (exact) mass is 174 g/mol. The molecule has 0 saturated carbocycles. The maximum Gasteiger partial charge on any atom is 0.0960 e. The van der Waals surface area contributed by atoms with Crippen molar-refractivity contribution in [3.05, 3.63) is 23.7 Å². The van der Waals surface area contributed by atoms with Crippen LogP contribution < -0.4 is 0 Å². The molecular formula is C8H11ClO2. The summed E-state index contributed by atoms with van der Waals surface area (Å²) < 4.78 is 4.93. The third-order valence-electron chi connectivity index (χ3n) is 1.58. The lowest BCUT2D eigenvalue weighted by molar-refractivity contribution is 0.279. The van der Waals surface area contributed by atoms with E-state index in [1.807, 2.05) is 0 Å². The van der Waals surface area contributed by atoms with Crippen LogP contribution in [0.1, 0.15) is 17.5 Å². The molecule has 0 aliphatic heterocycles. The van der Waals surface area contributed by atoms with Gasteiger partial charge in [0.2, 0.25) is 0 Å². The van der Waals surface area contributed by atoms with E-state index >= 15 is 0 Å². The third-order valence-corrected chi connectivity index (χ3v) is 1.85. The Morgan fingerprint density at radius 1 is 1.36 bits per heavy atom. The minimum Gasteiger partial charge on any atom is -0.472 e. The fourth-order valence-electron chi connectivity index (χ4n) is 0.965. The Labute approximate surface area is 70.8 Å². The van der Waals surface area contributed by atoms with Gasteiger partial charge < -0.3 is 9.52 Å². The molecule has 3 heteroatoms. The highest BCUT2D eigenvalue weighted by atomic mass is 35.5. The Bertz CT molecular complexity index is 208. The average molecular weight is 175 g/mol. The Hall–Kier alpha value is -0.470. The summed E-state index contributed by atoms with van der Waals surface area (Å²) >= 11 is 5.52. The first-order valence-electron chi connectivity index (χ1n) is 3.59. The molecule has 1 aromatic rings. The molecule has 2 nitrogen and oxygen atoms in total. The van der Waals surface area contributed by atoms with Gasteiger partial charge in [0, 0.05) is 11.4 Å². The summed E-state index contributed by atoms with van der Waals surface area (Å²) in [6, 6.07) is 0. The maximum absolute atomic E-state index is 8.81. The van der Waals surface area contributed by atoms with Crippen molar-refractivity contribution in [3.8, 4) is 0 Å². The van der Waals surface area contributed by atoms with Gasteiger partial charge in [-0.05, 0) is 18.4 Å². The van der Waals surface area contributed by atoms with Crippen molar-refractivity contribution in [2.24, 2.45) is 0 Å². The fraction of sp³-hybridized carbons (Fsp3) is 0.500. The Morgan fingerprint density at radius 2 is 2.09 bits per heavy atom. The SMILES string of the molecule is OCc1cocc1CCCCl. The Balaban J connectivity index is 2.54. The Kier molecular flexibility index (Phi) is 3.46. The molecule has 62 valence electrons. The quantitative estimate of drug-likeness (QED) is 0.708. The molecule has 0 saturated heterocycles. The van der Waals surface area contributed by atoms with Crippen LogP contribution in [-0.4, -0.2) is 11.0 Å². The summed E-state index contributed by atoms with van der Waals surface area (Å²) in [4.78, 5) is 0. The smallest absolute Gasteiger partial charge is 0.0960 e. The number of hydrogen-bond donors (Lipinski definition) is 1. The molecule has 0 spiro atoms. The van der Waals surface area contributed by atoms with Gasteiger partial charge in [0.05, 0.1) is 19.1 Å². The van der Waals surface area contributed by atoms with Crippen LogP contribution in [0.15, 0.2) is 16.9 Å². The maximum atomic E-state index is 8.81. The molecule has 1 aromatic heterocycles. The predicted octanol–water partition coefficient (Wildman–Crippen LogP) is 1.94. The number of halogens is 1. The number of furan rings is 1. The molecular weight excluding hydrogens is 164 g/mol. The van der Waals surface area contributed by atoms with Gasteiger partial charge >= 0.3 is 0 Å². The van der Waals surface area contributed by atoms with Crippen LogP contribution in [0.3, 0.4) is 0 Å². The van der Waals surface area contributed by atoms with Crippen molar-refractivity contribution in [3.63, 3.8) is 0 Å². The van der Waals surface area contributed by atoms with E-state index in [0.29, 0.717) is 5.88 Å². The van der Waals surface area contributed by atoms with Crippen LogP contribution in [-0.2, 0) is 13.0 Å². The fourth-order valence-corrected chi connectivity index (χ4v) is 1.10. The van der Waals surface area contributed by atoms with Crippen LogP contribution in [0.5, 0.6) is 0 Å². The minimum atomic E-state index is 0.0497. The van der Waals surface area contributed by atoms with Gasteiger partial charge in [-0.1, -0.05) is 0 Å². The molecule has 0 fully saturated rings. The van der Waals surface area contributed by atoms with Crippen LogP contribution >= 0.6 is 11.6 Å². The molecule has 1 rings (SSSR count). The normalized spacial score (nSPS) is 10.4. The summed E-state index contributed by atoms with van der Waals surface area (Å²) in [5.41, 5.74) is 1.93. The molecule has 1 heterocycles. The van der Waals surface area contributed by atoms with E-state index in [4.69, 9.17) is 21.1 Å². The lowest BCUT2D eigenvalue weighted by atomic mass is 10.1. The third kappa shape index (κ3) is 2.24. The minimum absolute atomic E-state index is 0.0497. The molecule has 1 N–H and O–H groups in total. The van der Waals surface area contributed by atoms with E-state index in [9.17, 15) is 0 Å². The first-order valence-corrected chi connectivity index (χ1v) is 4.12. The van der Waals surface area contributed by atoms with E-state index < -0.39 is 0 Å². The standard InChI is InChI=1S/C8H11ClO2/c9-3-1-2-7-5-11-6-8(7)4-10/h5-6,10H,1-4H2. The zero-order valence-electron chi connectivity index (χ0n) is 6.22. The van der Waals surface area contributed by atoms with E-state index in [-0.39, 0.29) is 6.61 Å². The van der Waals surface area contributed by atoms with Gasteiger partial charge in [0.15, 0.2) is 0 Å². The van der Waals surface area contributed by atoms with Gasteiger partial charge in [-0.2, -0.15) is 0 Å². The second-order valence-electron chi connectivity index (χ2n) is 2.37. The molecule has 0 atom stereocenters. The summed E-state index contributed by atoms with van der Waals surface area (Å²) in [5.74, 6) is 0.649. The second-order valence-corrected chi connectivity index (χ2v) is 2.75. The summed E-state index contributed by atoms with van der Waals surface area (Å²) in [6.45, 7) is 0.0497. The first kappa shape index (κ1) is 8.62. The van der Waals surface area contributed by atoms with E-state index in [0.717, 1.165) is 24.0 Å². The van der Waals surface area contributed by atoms with Crippen LogP contribution in [0, 0.1) is 0 Å². The second kappa shape index (κ2) is 4.42. The summed E-state index contributed by atoms with van der Waals surface area (Å²) in [7, 11) is 0. The van der Waals surface area contributed by atoms with E-state index in [1.165, 1.54) is 0 Å². The molecule has 0 aromatic carbocycles. The van der Waals surface area contributed by atoms with Gasteiger partial charge in [0.25, 0.3) is 0 Å². The van der Waals surface area contributed by atoms with Crippen LogP contribution in [0.2, 0.25) is 0 Å². The van der Waals surface area contributed by atoms with Crippen molar-refractivity contribution in [1.82, 2.24) is 0 Å². The highest BCUT2D eigenvalue weighted by Crippen LogP contribution is 2.12. The number of aryl methyl sites for hydroxylation is 1. The van der Waals surface area contributed by atoms with Crippen molar-refractivity contribution >= 4 is 11.6 Å². The molecule has 0 aliphatic carbocycles. The van der Waals surface area contributed by atoms with Gasteiger partial charge in [0.1, 0.15) is 0 Å². The largest absolute Gasteiger partial charge is 0.472 e. The van der Waals surface area contributed by atoms with Crippen molar-refractivity contribution in [2.45, 2.75) is 19.4 Å². The highest BCUT2D eigenvalue weighted by molar-refractivity contribution is 6.17. The number of aliphatic hydroxyl groups excluding tert-OH is 1. The molecule has 0 aliphatic rings. The van der Waals surface area contributed by atoms with Crippen LogP contribution in [0.4, 0.5) is 0 Å². The number of alkyl halides is 1. The topological polar surface area (TPSA) is 33.4 Å². The van der Waals surface area contributed by atoms with Gasteiger partial charge in [-0.25, -0.2) is 0 Å². The zero-order valence-corrected chi connectivity index (χ0v) is 6.97. The van der Waals surface area contributed by atoms with Gasteiger partial charge in [-0.15, -0.1) is 11.6 Å². The first-order chi connectivity index (χ1) is 5.38. The molecule has 11 heavy (non-hydrogen) atoms. The molecule has 0 bridgehead atoms. The van der Waals surface area contributed by atoms with E-state index in [2.05, 4.69) is 0 Å². The summed E-state index contributed by atoms with van der Waals surface area (Å²) in [5, 5.41) is 8.81. The Morgan fingerprint density at radius 3 is 2.73 bits per heavy atom. The van der Waals surface area contributed by atoms with Crippen LogP contribution in [0.25, 0.3) is 0 Å². The van der Waals surface area contributed by atoms with Crippen molar-refractivity contribution in [1.29, 1.82) is 0 Å². The average Bonchev–Trinajstić information content (AvgIpc) is 2.47. The van der Waals surface area contributed by atoms with Crippen molar-refractivity contribution in [2.75, 3.05) is 5.88 Å². The number of rotatable bonds is 4.